The predicted octanol–water partition coefficient (Wildman–Crippen LogP) is 3.06. The SMILES string of the molecule is CC(=O)Nc1ccc(N(C)C(=O)c2ccc(F)cc2)cc1. The second kappa shape index (κ2) is 6.17. The average Bonchev–Trinajstić information content (AvgIpc) is 2.47. The summed E-state index contributed by atoms with van der Waals surface area (Å²) in [5.74, 6) is -0.769. The molecular formula is C16H15FN2O2. The number of amides is 2. The molecule has 5 heteroatoms. The number of carbonyl (C=O) groups excluding carboxylic acids is 2. The van der Waals surface area contributed by atoms with Gasteiger partial charge in [0.25, 0.3) is 5.91 Å². The van der Waals surface area contributed by atoms with Crippen molar-refractivity contribution in [1.29, 1.82) is 0 Å². The summed E-state index contributed by atoms with van der Waals surface area (Å²) in [4.78, 5) is 24.7. The molecule has 0 radical (unpaired) electrons. The third-order valence-corrected chi connectivity index (χ3v) is 2.97. The molecule has 4 nitrogen and oxygen atoms in total. The van der Waals surface area contributed by atoms with Gasteiger partial charge in [0.2, 0.25) is 5.91 Å². The smallest absolute Gasteiger partial charge is 0.258 e. The molecule has 0 aliphatic heterocycles. The van der Waals surface area contributed by atoms with Gasteiger partial charge < -0.3 is 10.2 Å². The first-order valence-electron chi connectivity index (χ1n) is 6.38. The highest BCUT2D eigenvalue weighted by Crippen LogP contribution is 2.19. The summed E-state index contributed by atoms with van der Waals surface area (Å²) in [6, 6.07) is 12.3. The van der Waals surface area contributed by atoms with Crippen LogP contribution in [0.5, 0.6) is 0 Å². The average molecular weight is 286 g/mol. The van der Waals surface area contributed by atoms with Crippen molar-refractivity contribution in [2.24, 2.45) is 0 Å². The van der Waals surface area contributed by atoms with Gasteiger partial charge in [-0.1, -0.05) is 0 Å². The van der Waals surface area contributed by atoms with Crippen molar-refractivity contribution < 1.29 is 14.0 Å². The van der Waals surface area contributed by atoms with E-state index in [1.807, 2.05) is 0 Å². The van der Waals surface area contributed by atoms with Crippen molar-refractivity contribution in [2.75, 3.05) is 17.3 Å². The van der Waals surface area contributed by atoms with Crippen molar-refractivity contribution in [3.05, 3.63) is 59.9 Å². The van der Waals surface area contributed by atoms with E-state index < -0.39 is 0 Å². The normalized spacial score (nSPS) is 10.0. The van der Waals surface area contributed by atoms with Crippen LogP contribution in [0.3, 0.4) is 0 Å². The van der Waals surface area contributed by atoms with Gasteiger partial charge in [0.1, 0.15) is 5.82 Å². The molecule has 21 heavy (non-hydrogen) atoms. The summed E-state index contributed by atoms with van der Waals surface area (Å²) >= 11 is 0. The van der Waals surface area contributed by atoms with Gasteiger partial charge in [-0.2, -0.15) is 0 Å². The number of hydrogen-bond acceptors (Lipinski definition) is 2. The van der Waals surface area contributed by atoms with E-state index in [4.69, 9.17) is 0 Å². The van der Waals surface area contributed by atoms with Crippen molar-refractivity contribution >= 4 is 23.2 Å². The largest absolute Gasteiger partial charge is 0.326 e. The fourth-order valence-corrected chi connectivity index (χ4v) is 1.88. The van der Waals surface area contributed by atoms with Crippen LogP contribution in [0.15, 0.2) is 48.5 Å². The van der Waals surface area contributed by atoms with E-state index in [0.29, 0.717) is 16.9 Å². The van der Waals surface area contributed by atoms with Crippen molar-refractivity contribution in [3.8, 4) is 0 Å². The van der Waals surface area contributed by atoms with Gasteiger partial charge in [0.05, 0.1) is 0 Å². The third-order valence-electron chi connectivity index (χ3n) is 2.97. The minimum atomic E-state index is -0.381. The number of hydrogen-bond donors (Lipinski definition) is 1. The Kier molecular flexibility index (Phi) is 4.33. The van der Waals surface area contributed by atoms with Crippen molar-refractivity contribution in [3.63, 3.8) is 0 Å². The monoisotopic (exact) mass is 286 g/mol. The summed E-state index contributed by atoms with van der Waals surface area (Å²) in [5, 5.41) is 2.65. The molecule has 2 aromatic carbocycles. The van der Waals surface area contributed by atoms with Gasteiger partial charge in [0, 0.05) is 30.9 Å². The molecule has 0 bridgehead atoms. The Morgan fingerprint density at radius 2 is 1.57 bits per heavy atom. The molecule has 0 saturated carbocycles. The van der Waals surface area contributed by atoms with E-state index in [2.05, 4.69) is 5.32 Å². The first-order chi connectivity index (χ1) is 9.97. The molecular weight excluding hydrogens is 271 g/mol. The zero-order valence-corrected chi connectivity index (χ0v) is 11.8. The first-order valence-corrected chi connectivity index (χ1v) is 6.38. The van der Waals surface area contributed by atoms with Crippen LogP contribution < -0.4 is 10.2 Å². The topological polar surface area (TPSA) is 49.4 Å². The van der Waals surface area contributed by atoms with E-state index in [1.165, 1.54) is 36.1 Å². The molecule has 2 rings (SSSR count). The zero-order valence-electron chi connectivity index (χ0n) is 11.8. The van der Waals surface area contributed by atoms with E-state index in [1.54, 1.807) is 31.3 Å². The molecule has 0 unspecified atom stereocenters. The molecule has 0 saturated heterocycles. The number of carbonyl (C=O) groups is 2. The Labute approximate surface area is 122 Å². The van der Waals surface area contributed by atoms with Gasteiger partial charge in [0.15, 0.2) is 0 Å². The van der Waals surface area contributed by atoms with E-state index >= 15 is 0 Å². The highest BCUT2D eigenvalue weighted by atomic mass is 19.1. The molecule has 1 N–H and O–H groups in total. The van der Waals surface area contributed by atoms with Crippen LogP contribution in [0.25, 0.3) is 0 Å². The number of rotatable bonds is 3. The summed E-state index contributed by atoms with van der Waals surface area (Å²) in [6.45, 7) is 1.43. The number of nitrogens with zero attached hydrogens (tertiary/aromatic N) is 1. The molecule has 0 heterocycles. The van der Waals surface area contributed by atoms with Crippen LogP contribution in [-0.4, -0.2) is 18.9 Å². The van der Waals surface area contributed by atoms with E-state index in [9.17, 15) is 14.0 Å². The first kappa shape index (κ1) is 14.7. The minimum Gasteiger partial charge on any atom is -0.326 e. The zero-order chi connectivity index (χ0) is 15.4. The molecule has 2 amide bonds. The maximum atomic E-state index is 12.9. The van der Waals surface area contributed by atoms with Gasteiger partial charge in [-0.3, -0.25) is 9.59 Å². The van der Waals surface area contributed by atoms with E-state index in [-0.39, 0.29) is 17.6 Å². The molecule has 2 aromatic rings. The van der Waals surface area contributed by atoms with Crippen LogP contribution in [-0.2, 0) is 4.79 Å². The Morgan fingerprint density at radius 3 is 2.10 bits per heavy atom. The van der Waals surface area contributed by atoms with Crippen LogP contribution in [0.1, 0.15) is 17.3 Å². The number of nitrogens with one attached hydrogen (secondary N) is 1. The summed E-state index contributed by atoms with van der Waals surface area (Å²) in [6.07, 6.45) is 0. The molecule has 0 aliphatic rings. The molecule has 108 valence electrons. The van der Waals surface area contributed by atoms with Crippen LogP contribution in [0.4, 0.5) is 15.8 Å². The lowest BCUT2D eigenvalue weighted by Gasteiger charge is -2.18. The third kappa shape index (κ3) is 3.66. The quantitative estimate of drug-likeness (QED) is 0.942. The molecule has 0 aliphatic carbocycles. The lowest BCUT2D eigenvalue weighted by Crippen LogP contribution is -2.26. The Morgan fingerprint density at radius 1 is 1.00 bits per heavy atom. The fraction of sp³-hybridized carbons (Fsp3) is 0.125. The van der Waals surface area contributed by atoms with E-state index in [0.717, 1.165) is 0 Å². The van der Waals surface area contributed by atoms with Crippen molar-refractivity contribution in [2.45, 2.75) is 6.92 Å². The lowest BCUT2D eigenvalue weighted by molar-refractivity contribution is -0.114. The molecule has 0 spiro atoms. The van der Waals surface area contributed by atoms with Gasteiger partial charge in [-0.15, -0.1) is 0 Å². The molecule has 0 atom stereocenters. The van der Waals surface area contributed by atoms with Crippen molar-refractivity contribution in [1.82, 2.24) is 0 Å². The highest BCUT2D eigenvalue weighted by molar-refractivity contribution is 6.05. The Bertz CT molecular complexity index is 651. The Balaban J connectivity index is 2.15. The summed E-state index contributed by atoms with van der Waals surface area (Å²) in [5.41, 5.74) is 1.75. The van der Waals surface area contributed by atoms with Gasteiger partial charge in [-0.05, 0) is 48.5 Å². The number of halogens is 1. The van der Waals surface area contributed by atoms with Crippen LogP contribution in [0.2, 0.25) is 0 Å². The summed E-state index contributed by atoms with van der Waals surface area (Å²) < 4.78 is 12.9. The molecule has 0 aromatic heterocycles. The lowest BCUT2D eigenvalue weighted by atomic mass is 10.2. The minimum absolute atomic E-state index is 0.154. The van der Waals surface area contributed by atoms with Crippen LogP contribution >= 0.6 is 0 Å². The Hall–Kier alpha value is -2.69. The predicted molar refractivity (Wildman–Crippen MR) is 79.9 cm³/mol. The standard InChI is InChI=1S/C16H15FN2O2/c1-11(20)18-14-7-9-15(10-8-14)19(2)16(21)12-3-5-13(17)6-4-12/h3-10H,1-2H3,(H,18,20). The maximum Gasteiger partial charge on any atom is 0.258 e. The summed E-state index contributed by atoms with van der Waals surface area (Å²) in [7, 11) is 1.64. The highest BCUT2D eigenvalue weighted by Gasteiger charge is 2.13. The number of anilines is 2. The van der Waals surface area contributed by atoms with Crippen LogP contribution in [0, 0.1) is 5.82 Å². The number of benzene rings is 2. The second-order valence-electron chi connectivity index (χ2n) is 4.60. The fourth-order valence-electron chi connectivity index (χ4n) is 1.88. The maximum absolute atomic E-state index is 12.9. The van der Waals surface area contributed by atoms with Gasteiger partial charge >= 0.3 is 0 Å². The van der Waals surface area contributed by atoms with Gasteiger partial charge in [-0.25, -0.2) is 4.39 Å². The second-order valence-corrected chi connectivity index (χ2v) is 4.60. The molecule has 0 fully saturated rings.